The van der Waals surface area contributed by atoms with Crippen molar-refractivity contribution in [2.24, 2.45) is 0 Å². The summed E-state index contributed by atoms with van der Waals surface area (Å²) in [6.45, 7) is -6.12. The van der Waals surface area contributed by atoms with Crippen molar-refractivity contribution in [3.8, 4) is 0 Å². The first-order valence-electron chi connectivity index (χ1n) is 8.00. The summed E-state index contributed by atoms with van der Waals surface area (Å²) < 4.78 is 62.0. The second-order valence-corrected chi connectivity index (χ2v) is 4.24. The first-order chi connectivity index (χ1) is 12.1. The van der Waals surface area contributed by atoms with Gasteiger partial charge in [-0.1, -0.05) is 6.07 Å². The van der Waals surface area contributed by atoms with Gasteiger partial charge in [-0.05, 0) is 6.07 Å². The molecule has 3 aromatic rings. The molecule has 1 aromatic carbocycles. The first kappa shape index (κ1) is 10.1. The fourth-order valence-corrected chi connectivity index (χ4v) is 1.79. The summed E-state index contributed by atoms with van der Waals surface area (Å²) in [6, 6.07) is 1.95. The molecule has 7 nitrogen and oxygen atoms in total. The highest BCUT2D eigenvalue weighted by Crippen LogP contribution is 2.28. The molecule has 114 valence electrons. The van der Waals surface area contributed by atoms with E-state index in [1.54, 1.807) is 0 Å². The topological polar surface area (TPSA) is 81.6 Å². The van der Waals surface area contributed by atoms with E-state index in [2.05, 4.69) is 20.2 Å². The second kappa shape index (κ2) is 5.60. The van der Waals surface area contributed by atoms with E-state index < -0.39 is 35.8 Å². The average Bonchev–Trinajstić information content (AvgIpc) is 3.27. The van der Waals surface area contributed by atoms with Crippen LogP contribution < -0.4 is 0 Å². The zero-order valence-electron chi connectivity index (χ0n) is 14.9. The van der Waals surface area contributed by atoms with Crippen LogP contribution in [0.5, 0.6) is 0 Å². The Labute approximate surface area is 129 Å². The molecule has 0 unspecified atom stereocenters. The highest BCUT2D eigenvalue weighted by Gasteiger charge is 2.34. The van der Waals surface area contributed by atoms with Gasteiger partial charge in [0.05, 0.1) is 18.5 Å². The van der Waals surface area contributed by atoms with Crippen LogP contribution in [0.25, 0.3) is 0 Å². The molecule has 0 atom stereocenters. The van der Waals surface area contributed by atoms with E-state index >= 15 is 0 Å². The Morgan fingerprint density at radius 1 is 1.09 bits per heavy atom. The van der Waals surface area contributed by atoms with E-state index in [0.29, 0.717) is 15.4 Å². The SMILES string of the molecule is [2H]C([2H])(n1cncn1)C(O)(c1ccc(F)cc1F)C([2H])([2H])n1cncn1. The third-order valence-corrected chi connectivity index (χ3v) is 2.71. The lowest BCUT2D eigenvalue weighted by atomic mass is 9.93. The molecular formula is C13H12F2N6O. The molecule has 22 heavy (non-hydrogen) atoms. The standard InChI is InChI=1S/C13H12F2N6O/c14-10-1-2-11(12(15)3-10)13(22,4-20-8-16-6-18-20)5-21-9-17-7-19-21/h1-3,6-9,22H,4-5H2/i4D2,5D2. The van der Waals surface area contributed by atoms with Crippen LogP contribution in [-0.4, -0.2) is 34.6 Å². The van der Waals surface area contributed by atoms with Crippen LogP contribution in [0.15, 0.2) is 43.5 Å². The number of hydrogen-bond donors (Lipinski definition) is 1. The molecule has 3 rings (SSSR count). The van der Waals surface area contributed by atoms with Gasteiger partial charge in [-0.3, -0.25) is 0 Å². The van der Waals surface area contributed by atoms with Crippen molar-refractivity contribution in [1.82, 2.24) is 29.5 Å². The fourth-order valence-electron chi connectivity index (χ4n) is 1.79. The summed E-state index contributed by atoms with van der Waals surface area (Å²) >= 11 is 0. The molecule has 0 radical (unpaired) electrons. The molecule has 1 N–H and O–H groups in total. The quantitative estimate of drug-likeness (QED) is 0.751. The van der Waals surface area contributed by atoms with Crippen LogP contribution in [0.1, 0.15) is 11.0 Å². The van der Waals surface area contributed by atoms with Crippen molar-refractivity contribution in [1.29, 1.82) is 0 Å². The number of aromatic nitrogens is 6. The molecule has 0 bridgehead atoms. The molecule has 0 saturated heterocycles. The largest absolute Gasteiger partial charge is 0.381 e. The number of rotatable bonds is 5. The highest BCUT2D eigenvalue weighted by molar-refractivity contribution is 5.25. The van der Waals surface area contributed by atoms with Crippen LogP contribution in [0.2, 0.25) is 0 Å². The van der Waals surface area contributed by atoms with E-state index in [1.807, 2.05) is 0 Å². The van der Waals surface area contributed by atoms with Gasteiger partial charge in [-0.15, -0.1) is 0 Å². The lowest BCUT2D eigenvalue weighted by molar-refractivity contribution is -0.00855. The van der Waals surface area contributed by atoms with Crippen molar-refractivity contribution in [2.75, 3.05) is 0 Å². The summed E-state index contributed by atoms with van der Waals surface area (Å²) in [6.07, 6.45) is 3.71. The maximum atomic E-state index is 14.5. The number of nitrogens with zero attached hydrogens (tertiary/aromatic N) is 6. The van der Waals surface area contributed by atoms with Crippen molar-refractivity contribution in [3.05, 3.63) is 60.7 Å². The molecular weight excluding hydrogens is 294 g/mol. The average molecular weight is 310 g/mol. The Bertz CT molecular complexity index is 857. The lowest BCUT2D eigenvalue weighted by Gasteiger charge is -2.28. The summed E-state index contributed by atoms with van der Waals surface area (Å²) in [5.74, 6) is -2.32. The highest BCUT2D eigenvalue weighted by atomic mass is 19.1. The fraction of sp³-hybridized carbons (Fsp3) is 0.231. The number of benzene rings is 1. The minimum atomic E-state index is -3.24. The maximum Gasteiger partial charge on any atom is 0.137 e. The second-order valence-electron chi connectivity index (χ2n) is 4.24. The van der Waals surface area contributed by atoms with Gasteiger partial charge in [0.25, 0.3) is 0 Å². The van der Waals surface area contributed by atoms with Gasteiger partial charge in [0.2, 0.25) is 0 Å². The van der Waals surface area contributed by atoms with E-state index in [0.717, 1.165) is 37.4 Å². The van der Waals surface area contributed by atoms with Crippen LogP contribution in [0.4, 0.5) is 8.78 Å². The minimum absolute atomic E-state index is 0.412. The maximum absolute atomic E-state index is 14.5. The molecule has 0 aliphatic rings. The molecule has 0 aliphatic carbocycles. The van der Waals surface area contributed by atoms with E-state index in [1.165, 1.54) is 0 Å². The normalized spacial score (nSPS) is 15.8. The number of hydrogen-bond acceptors (Lipinski definition) is 5. The van der Waals surface area contributed by atoms with E-state index in [9.17, 15) is 13.9 Å². The van der Waals surface area contributed by atoms with Crippen LogP contribution in [0.3, 0.4) is 0 Å². The first-order valence-corrected chi connectivity index (χ1v) is 6.00. The minimum Gasteiger partial charge on any atom is -0.381 e. The van der Waals surface area contributed by atoms with Crippen molar-refractivity contribution < 1.29 is 19.4 Å². The van der Waals surface area contributed by atoms with E-state index in [4.69, 9.17) is 5.48 Å². The Morgan fingerprint density at radius 2 is 1.68 bits per heavy atom. The zero-order valence-corrected chi connectivity index (χ0v) is 10.9. The summed E-state index contributed by atoms with van der Waals surface area (Å²) in [7, 11) is 0. The molecule has 0 fully saturated rings. The van der Waals surface area contributed by atoms with Crippen molar-refractivity contribution in [3.63, 3.8) is 0 Å². The van der Waals surface area contributed by atoms with Crippen molar-refractivity contribution >= 4 is 0 Å². The number of halogens is 2. The van der Waals surface area contributed by atoms with Gasteiger partial charge < -0.3 is 5.11 Å². The Morgan fingerprint density at radius 3 is 2.14 bits per heavy atom. The monoisotopic (exact) mass is 310 g/mol. The molecule has 0 aliphatic heterocycles. The lowest BCUT2D eigenvalue weighted by Crippen LogP contribution is -2.37. The zero-order chi connectivity index (χ0) is 19.2. The van der Waals surface area contributed by atoms with Crippen LogP contribution in [0, 0.1) is 11.6 Å². The Kier molecular flexibility index (Phi) is 2.58. The van der Waals surface area contributed by atoms with Gasteiger partial charge in [0.15, 0.2) is 0 Å². The summed E-state index contributed by atoms with van der Waals surface area (Å²) in [4.78, 5) is 7.13. The van der Waals surface area contributed by atoms with Gasteiger partial charge >= 0.3 is 0 Å². The molecule has 0 spiro atoms. The summed E-state index contributed by atoms with van der Waals surface area (Å²) in [5, 5.41) is 18.4. The molecule has 0 saturated carbocycles. The molecule has 0 amide bonds. The number of aliphatic hydroxyl groups is 1. The smallest absolute Gasteiger partial charge is 0.137 e. The van der Waals surface area contributed by atoms with Crippen LogP contribution in [-0.2, 0) is 18.6 Å². The molecule has 2 heterocycles. The summed E-state index contributed by atoms with van der Waals surface area (Å²) in [5.41, 5.74) is -4.07. The Balaban J connectivity index is 2.32. The third-order valence-electron chi connectivity index (χ3n) is 2.71. The predicted molar refractivity (Wildman–Crippen MR) is 70.3 cm³/mol. The van der Waals surface area contributed by atoms with Gasteiger partial charge in [0.1, 0.15) is 42.5 Å². The van der Waals surface area contributed by atoms with Gasteiger partial charge in [-0.25, -0.2) is 28.1 Å². The predicted octanol–water partition coefficient (Wildman–Crippen LogP) is 0.736. The van der Waals surface area contributed by atoms with Gasteiger partial charge in [-0.2, -0.15) is 10.2 Å². The molecule has 9 heteroatoms. The van der Waals surface area contributed by atoms with Crippen LogP contribution >= 0.6 is 0 Å². The molecule has 2 aromatic heterocycles. The third kappa shape index (κ3) is 2.84. The van der Waals surface area contributed by atoms with E-state index in [-0.39, 0.29) is 0 Å². The van der Waals surface area contributed by atoms with Crippen molar-refractivity contribution in [2.45, 2.75) is 18.6 Å². The Hall–Kier alpha value is -2.68. The van der Waals surface area contributed by atoms with Gasteiger partial charge in [0, 0.05) is 11.6 Å².